The molecule has 2 atom stereocenters. The second-order valence-electron chi connectivity index (χ2n) is 16.6. The first-order valence-electron chi connectivity index (χ1n) is 24.3. The molecule has 0 radical (unpaired) electrons. The summed E-state index contributed by atoms with van der Waals surface area (Å²) in [6.45, 7) is 2.83. The second kappa shape index (κ2) is 41.6. The number of hydroxylamine groups is 2. The van der Waals surface area contributed by atoms with Gasteiger partial charge in [0.25, 0.3) is 19.6 Å². The summed E-state index contributed by atoms with van der Waals surface area (Å²) in [4.78, 5) is 89.7. The van der Waals surface area contributed by atoms with Gasteiger partial charge in [-0.05, 0) is 19.3 Å². The summed E-state index contributed by atoms with van der Waals surface area (Å²) in [7, 11) is -4.91. The van der Waals surface area contributed by atoms with Crippen LogP contribution in [0.5, 0.6) is 0 Å². The molecule has 1 saturated heterocycles. The molecule has 15 nitrogen and oxygen atoms in total. The molecule has 17 heteroatoms. The van der Waals surface area contributed by atoms with Crippen molar-refractivity contribution in [2.24, 2.45) is 0 Å². The summed E-state index contributed by atoms with van der Waals surface area (Å²) in [6, 6.07) is 0. The number of phosphoric ester groups is 1. The molecule has 1 fully saturated rings. The molecule has 1 heterocycles. The minimum absolute atomic E-state index is 0. The number of carbonyl (C=O) groups is 6. The van der Waals surface area contributed by atoms with Gasteiger partial charge in [0.05, 0.1) is 13.2 Å². The smallest absolute Gasteiger partial charge is 0.756 e. The van der Waals surface area contributed by atoms with Crippen LogP contribution >= 0.6 is 7.82 Å². The largest absolute Gasteiger partial charge is 1.00 e. The Hall–Kier alpha value is -1.87. The van der Waals surface area contributed by atoms with Gasteiger partial charge in [-0.2, -0.15) is 0 Å². The molecule has 360 valence electrons. The van der Waals surface area contributed by atoms with Crippen molar-refractivity contribution < 1.29 is 91.1 Å². The Kier molecular flexibility index (Phi) is 40.3. The zero-order valence-electron chi connectivity index (χ0n) is 39.4. The molecule has 0 aromatic carbocycles. The third kappa shape index (κ3) is 37.0. The molecular weight excluding hydrogens is 842 g/mol. The number of hydrogen-bond acceptors (Lipinski definition) is 13. The molecule has 0 bridgehead atoms. The average molecular weight is 925 g/mol. The van der Waals surface area contributed by atoms with Crippen LogP contribution in [0.2, 0.25) is 0 Å². The maximum atomic E-state index is 12.7. The van der Waals surface area contributed by atoms with E-state index in [9.17, 15) is 38.2 Å². The van der Waals surface area contributed by atoms with Crippen LogP contribution in [0, 0.1) is 0 Å². The molecule has 1 rings (SSSR count). The minimum Gasteiger partial charge on any atom is -0.756 e. The van der Waals surface area contributed by atoms with Gasteiger partial charge < -0.3 is 33.6 Å². The first-order chi connectivity index (χ1) is 30.0. The monoisotopic (exact) mass is 925 g/mol. The molecule has 3 amide bonds. The first-order valence-corrected chi connectivity index (χ1v) is 25.7. The molecule has 0 aromatic rings. The van der Waals surface area contributed by atoms with Crippen LogP contribution in [0.15, 0.2) is 0 Å². The standard InChI is InChI=1S/C46H83N2O13P.Na/c1-3-5-7-9-11-13-15-17-19-21-23-25-27-31-44(52)57-38-40(60-45(53)32-28-26-24-22-20-18-16-14-12-10-8-6-4-2)39-59-62(55,56)58-37-36-47-41(49)30-29-33-46(54)61-48-42(50)34-35-43(48)51;/h40H,3-39H2,1-2H3,(H,47,49)(H,55,56);/q;+1/p-1/t40-;/m1./s1. The molecule has 63 heavy (non-hydrogen) atoms. The van der Waals surface area contributed by atoms with Crippen LogP contribution in [0.4, 0.5) is 0 Å². The van der Waals surface area contributed by atoms with Gasteiger partial charge in [0.15, 0.2) is 6.10 Å². The minimum atomic E-state index is -4.91. The number of amides is 3. The van der Waals surface area contributed by atoms with Crippen molar-refractivity contribution in [2.45, 2.75) is 232 Å². The van der Waals surface area contributed by atoms with Crippen LogP contribution in [-0.2, 0) is 56.7 Å². The Bertz CT molecular complexity index is 1270. The summed E-state index contributed by atoms with van der Waals surface area (Å²) < 4.78 is 33.2. The average Bonchev–Trinajstić information content (AvgIpc) is 3.56. The predicted molar refractivity (Wildman–Crippen MR) is 235 cm³/mol. The summed E-state index contributed by atoms with van der Waals surface area (Å²) in [6.07, 6.45) is 29.4. The number of ether oxygens (including phenoxy) is 2. The third-order valence-corrected chi connectivity index (χ3v) is 11.7. The van der Waals surface area contributed by atoms with E-state index in [0.29, 0.717) is 17.9 Å². The van der Waals surface area contributed by atoms with Crippen LogP contribution in [0.1, 0.15) is 226 Å². The zero-order valence-corrected chi connectivity index (χ0v) is 42.3. The van der Waals surface area contributed by atoms with Crippen LogP contribution in [0.25, 0.3) is 0 Å². The summed E-state index contributed by atoms with van der Waals surface area (Å²) in [5.74, 6) is -3.52. The quantitative estimate of drug-likeness (QED) is 0.0220. The number of unbranched alkanes of at least 4 members (excludes halogenated alkanes) is 24. The van der Waals surface area contributed by atoms with E-state index in [1.807, 2.05) is 0 Å². The van der Waals surface area contributed by atoms with E-state index in [-0.39, 0.29) is 87.7 Å². The van der Waals surface area contributed by atoms with Crippen molar-refractivity contribution in [2.75, 3.05) is 26.4 Å². The van der Waals surface area contributed by atoms with Crippen molar-refractivity contribution in [3.05, 3.63) is 0 Å². The topological polar surface area (TPSA) is 204 Å². The van der Waals surface area contributed by atoms with E-state index in [2.05, 4.69) is 19.2 Å². The van der Waals surface area contributed by atoms with Crippen molar-refractivity contribution in [3.63, 3.8) is 0 Å². The fraction of sp³-hybridized carbons (Fsp3) is 0.870. The molecule has 1 aliphatic heterocycles. The Morgan fingerprint density at radius 1 is 0.571 bits per heavy atom. The van der Waals surface area contributed by atoms with Gasteiger partial charge in [-0.15, -0.1) is 5.06 Å². The number of phosphoric acid groups is 1. The number of esters is 2. The molecule has 1 unspecified atom stereocenters. The molecule has 1 N–H and O–H groups in total. The number of carbonyl (C=O) groups excluding carboxylic acids is 6. The maximum absolute atomic E-state index is 12.7. The number of hydrogen-bond donors (Lipinski definition) is 1. The molecule has 1 aliphatic rings. The van der Waals surface area contributed by atoms with Gasteiger partial charge in [0.2, 0.25) is 5.91 Å². The normalized spacial score (nSPS) is 13.9. The van der Waals surface area contributed by atoms with E-state index in [0.717, 1.165) is 38.5 Å². The van der Waals surface area contributed by atoms with E-state index in [4.69, 9.17) is 23.4 Å². The number of nitrogens with zero attached hydrogens (tertiary/aromatic N) is 1. The van der Waals surface area contributed by atoms with Gasteiger partial charge in [-0.1, -0.05) is 168 Å². The van der Waals surface area contributed by atoms with Gasteiger partial charge in [0, 0.05) is 45.1 Å². The maximum Gasteiger partial charge on any atom is 1.00 e. The molecule has 0 aromatic heterocycles. The van der Waals surface area contributed by atoms with Gasteiger partial charge >= 0.3 is 47.5 Å². The fourth-order valence-corrected chi connectivity index (χ4v) is 7.78. The Morgan fingerprint density at radius 2 is 0.984 bits per heavy atom. The summed E-state index contributed by atoms with van der Waals surface area (Å²) in [5.41, 5.74) is 0. The van der Waals surface area contributed by atoms with Crippen molar-refractivity contribution >= 4 is 43.5 Å². The van der Waals surface area contributed by atoms with Gasteiger partial charge in [-0.25, -0.2) is 4.79 Å². The summed E-state index contributed by atoms with van der Waals surface area (Å²) in [5, 5.41) is 2.89. The van der Waals surface area contributed by atoms with E-state index >= 15 is 0 Å². The number of rotatable bonds is 43. The third-order valence-electron chi connectivity index (χ3n) is 10.8. The van der Waals surface area contributed by atoms with Gasteiger partial charge in [-0.3, -0.25) is 28.5 Å². The second-order valence-corrected chi connectivity index (χ2v) is 18.0. The van der Waals surface area contributed by atoms with Gasteiger partial charge in [0.1, 0.15) is 6.61 Å². The Labute approximate surface area is 401 Å². The van der Waals surface area contributed by atoms with Crippen molar-refractivity contribution in [3.8, 4) is 0 Å². The van der Waals surface area contributed by atoms with Crippen LogP contribution in [-0.4, -0.2) is 73.2 Å². The summed E-state index contributed by atoms with van der Waals surface area (Å²) >= 11 is 0. The predicted octanol–water partition coefficient (Wildman–Crippen LogP) is 6.80. The first kappa shape index (κ1) is 61.1. The van der Waals surface area contributed by atoms with Crippen molar-refractivity contribution in [1.82, 2.24) is 10.4 Å². The number of nitrogens with one attached hydrogen (secondary N) is 1. The Morgan fingerprint density at radius 3 is 1.44 bits per heavy atom. The van der Waals surface area contributed by atoms with Crippen molar-refractivity contribution in [1.29, 1.82) is 0 Å². The Balaban J connectivity index is 0.0000384. The SMILES string of the molecule is CCCCCCCCCCCCCCCC(=O)OC[C@H](COP(=O)([O-])OCCNC(=O)CCCC(=O)ON1C(=O)CCC1=O)OC(=O)CCCCCCCCCCCCCCC.[Na+]. The fourth-order valence-electron chi connectivity index (χ4n) is 7.04. The zero-order chi connectivity index (χ0) is 45.5. The molecule has 0 spiro atoms. The van der Waals surface area contributed by atoms with Crippen LogP contribution in [0.3, 0.4) is 0 Å². The van der Waals surface area contributed by atoms with Crippen LogP contribution < -0.4 is 39.8 Å². The molecule has 0 aliphatic carbocycles. The van der Waals surface area contributed by atoms with E-state index < -0.39 is 62.8 Å². The number of imide groups is 1. The van der Waals surface area contributed by atoms with E-state index in [1.165, 1.54) is 116 Å². The van der Waals surface area contributed by atoms with E-state index in [1.54, 1.807) is 0 Å². The molecule has 0 saturated carbocycles. The molecular formula is C46H82N2NaO13P.